The van der Waals surface area contributed by atoms with Crippen molar-refractivity contribution in [2.45, 2.75) is 31.8 Å². The molecule has 0 saturated heterocycles. The van der Waals surface area contributed by atoms with Gasteiger partial charge in [0, 0.05) is 6.04 Å². The summed E-state index contributed by atoms with van der Waals surface area (Å²) in [5, 5.41) is 8.60. The van der Waals surface area contributed by atoms with E-state index in [1.165, 1.54) is 0 Å². The Hall–Kier alpha value is -0.610. The summed E-state index contributed by atoms with van der Waals surface area (Å²) in [6, 6.07) is -0.519. The molecular formula is C6H14N2O2. The first kappa shape index (κ1) is 9.39. The average Bonchev–Trinajstić information content (AvgIpc) is 1.85. The molecule has 0 amide bonds. The van der Waals surface area contributed by atoms with Crippen molar-refractivity contribution in [3.63, 3.8) is 0 Å². The van der Waals surface area contributed by atoms with Crippen LogP contribution < -0.4 is 11.5 Å². The maximum Gasteiger partial charge on any atom is 0.325 e. The lowest BCUT2D eigenvalue weighted by atomic mass is 9.90. The molecule has 0 aliphatic carbocycles. The first-order valence-corrected chi connectivity index (χ1v) is 3.23. The van der Waals surface area contributed by atoms with Crippen LogP contribution in [0, 0.1) is 0 Å². The van der Waals surface area contributed by atoms with Crippen LogP contribution in [-0.2, 0) is 4.79 Å². The number of hydrogen-bond donors (Lipinski definition) is 3. The van der Waals surface area contributed by atoms with Gasteiger partial charge in [0.1, 0.15) is 5.54 Å². The van der Waals surface area contributed by atoms with Crippen molar-refractivity contribution in [3.8, 4) is 0 Å². The van der Waals surface area contributed by atoms with Crippen LogP contribution in [0.5, 0.6) is 0 Å². The van der Waals surface area contributed by atoms with E-state index in [1.807, 2.05) is 0 Å². The third-order valence-electron chi connectivity index (χ3n) is 1.80. The number of aliphatic carboxylic acids is 1. The molecule has 0 aliphatic rings. The molecule has 4 heteroatoms. The smallest absolute Gasteiger partial charge is 0.325 e. The summed E-state index contributed by atoms with van der Waals surface area (Å²) in [6.45, 7) is 3.30. The van der Waals surface area contributed by atoms with Gasteiger partial charge in [-0.3, -0.25) is 4.79 Å². The Morgan fingerprint density at radius 1 is 1.80 bits per heavy atom. The summed E-state index contributed by atoms with van der Waals surface area (Å²) in [7, 11) is 0. The fraction of sp³-hybridized carbons (Fsp3) is 0.833. The second-order valence-electron chi connectivity index (χ2n) is 2.49. The zero-order chi connectivity index (χ0) is 8.36. The molecule has 0 aromatic carbocycles. The summed E-state index contributed by atoms with van der Waals surface area (Å²) in [6.07, 6.45) is 0.347. The van der Waals surface area contributed by atoms with Crippen molar-refractivity contribution in [2.24, 2.45) is 11.5 Å². The van der Waals surface area contributed by atoms with Crippen LogP contribution in [0.2, 0.25) is 0 Å². The Kier molecular flexibility index (Phi) is 2.80. The number of nitrogens with two attached hydrogens (primary N) is 2. The molecule has 0 fully saturated rings. The number of rotatable bonds is 3. The van der Waals surface area contributed by atoms with Gasteiger partial charge < -0.3 is 16.6 Å². The minimum Gasteiger partial charge on any atom is -0.480 e. The lowest BCUT2D eigenvalue weighted by Gasteiger charge is -2.26. The predicted octanol–water partition coefficient (Wildman–Crippen LogP) is -0.474. The van der Waals surface area contributed by atoms with Crippen LogP contribution in [0.1, 0.15) is 20.3 Å². The van der Waals surface area contributed by atoms with Gasteiger partial charge >= 0.3 is 5.97 Å². The SMILES string of the molecule is CCC(N)(C(=O)O)C(C)N. The van der Waals surface area contributed by atoms with Crippen LogP contribution >= 0.6 is 0 Å². The van der Waals surface area contributed by atoms with Crippen LogP contribution in [0.4, 0.5) is 0 Å². The molecule has 5 N–H and O–H groups in total. The first-order chi connectivity index (χ1) is 4.45. The maximum atomic E-state index is 10.5. The summed E-state index contributed by atoms with van der Waals surface area (Å²) < 4.78 is 0. The van der Waals surface area contributed by atoms with Crippen molar-refractivity contribution < 1.29 is 9.90 Å². The number of carboxylic acid groups (broad SMARTS) is 1. The van der Waals surface area contributed by atoms with Crippen molar-refractivity contribution >= 4 is 5.97 Å². The quantitative estimate of drug-likeness (QED) is 0.502. The van der Waals surface area contributed by atoms with Gasteiger partial charge in [-0.15, -0.1) is 0 Å². The third kappa shape index (κ3) is 1.46. The van der Waals surface area contributed by atoms with Gasteiger partial charge in [-0.1, -0.05) is 6.92 Å². The lowest BCUT2D eigenvalue weighted by Crippen LogP contribution is -2.59. The highest BCUT2D eigenvalue weighted by atomic mass is 16.4. The zero-order valence-electron chi connectivity index (χ0n) is 6.29. The molecule has 0 rings (SSSR count). The molecule has 0 aromatic heterocycles. The van der Waals surface area contributed by atoms with E-state index in [0.717, 1.165) is 0 Å². The number of carbonyl (C=O) groups is 1. The Balaban J connectivity index is 4.38. The Morgan fingerprint density at radius 3 is 2.20 bits per heavy atom. The van der Waals surface area contributed by atoms with E-state index in [9.17, 15) is 4.79 Å². The van der Waals surface area contributed by atoms with E-state index in [0.29, 0.717) is 6.42 Å². The van der Waals surface area contributed by atoms with Crippen LogP contribution in [0.3, 0.4) is 0 Å². The Bertz CT molecular complexity index is 136. The molecule has 0 bridgehead atoms. The molecule has 0 saturated carbocycles. The van der Waals surface area contributed by atoms with Gasteiger partial charge in [0.25, 0.3) is 0 Å². The monoisotopic (exact) mass is 146 g/mol. The molecule has 0 heterocycles. The second kappa shape index (κ2) is 2.98. The van der Waals surface area contributed by atoms with Gasteiger partial charge in [0.2, 0.25) is 0 Å². The van der Waals surface area contributed by atoms with Gasteiger partial charge in [-0.2, -0.15) is 0 Å². The van der Waals surface area contributed by atoms with Crippen LogP contribution in [0.15, 0.2) is 0 Å². The van der Waals surface area contributed by atoms with E-state index >= 15 is 0 Å². The molecule has 2 unspecified atom stereocenters. The van der Waals surface area contributed by atoms with Gasteiger partial charge in [0.15, 0.2) is 0 Å². The highest BCUT2D eigenvalue weighted by Crippen LogP contribution is 2.09. The zero-order valence-corrected chi connectivity index (χ0v) is 6.29. The largest absolute Gasteiger partial charge is 0.480 e. The van der Waals surface area contributed by atoms with E-state index < -0.39 is 17.6 Å². The molecule has 0 aliphatic heterocycles. The van der Waals surface area contributed by atoms with Crippen molar-refractivity contribution in [1.29, 1.82) is 0 Å². The van der Waals surface area contributed by atoms with Crippen LogP contribution in [-0.4, -0.2) is 22.7 Å². The molecule has 0 spiro atoms. The summed E-state index contributed by atoms with van der Waals surface area (Å²) in [5.74, 6) is -1.04. The Labute approximate surface area is 60.2 Å². The van der Waals surface area contributed by atoms with E-state index in [-0.39, 0.29) is 0 Å². The third-order valence-corrected chi connectivity index (χ3v) is 1.80. The maximum absolute atomic E-state index is 10.5. The molecule has 60 valence electrons. The summed E-state index contributed by atoms with van der Waals surface area (Å²) in [4.78, 5) is 10.5. The van der Waals surface area contributed by atoms with Gasteiger partial charge in [-0.05, 0) is 13.3 Å². The molecule has 0 aromatic rings. The minimum absolute atomic E-state index is 0.347. The van der Waals surface area contributed by atoms with Crippen LogP contribution in [0.25, 0.3) is 0 Å². The summed E-state index contributed by atoms with van der Waals surface area (Å²) >= 11 is 0. The first-order valence-electron chi connectivity index (χ1n) is 3.23. The Morgan fingerprint density at radius 2 is 2.20 bits per heavy atom. The minimum atomic E-state index is -1.26. The topological polar surface area (TPSA) is 89.3 Å². The molecule has 0 radical (unpaired) electrons. The van der Waals surface area contributed by atoms with E-state index in [1.54, 1.807) is 13.8 Å². The molecular weight excluding hydrogens is 132 g/mol. The van der Waals surface area contributed by atoms with Crippen molar-refractivity contribution in [1.82, 2.24) is 0 Å². The average molecular weight is 146 g/mol. The fourth-order valence-corrected chi connectivity index (χ4v) is 0.668. The molecule has 2 atom stereocenters. The normalized spacial score (nSPS) is 19.6. The fourth-order valence-electron chi connectivity index (χ4n) is 0.668. The van der Waals surface area contributed by atoms with Crippen molar-refractivity contribution in [2.75, 3.05) is 0 Å². The lowest BCUT2D eigenvalue weighted by molar-refractivity contribution is -0.144. The number of hydrogen-bond acceptors (Lipinski definition) is 3. The summed E-state index contributed by atoms with van der Waals surface area (Å²) in [5.41, 5.74) is 9.57. The molecule has 10 heavy (non-hydrogen) atoms. The number of carboxylic acids is 1. The predicted molar refractivity (Wildman–Crippen MR) is 38.5 cm³/mol. The van der Waals surface area contributed by atoms with Crippen molar-refractivity contribution in [3.05, 3.63) is 0 Å². The van der Waals surface area contributed by atoms with Gasteiger partial charge in [-0.25, -0.2) is 0 Å². The van der Waals surface area contributed by atoms with E-state index in [2.05, 4.69) is 0 Å². The molecule has 4 nitrogen and oxygen atoms in total. The highest BCUT2D eigenvalue weighted by Gasteiger charge is 2.35. The highest BCUT2D eigenvalue weighted by molar-refractivity contribution is 5.79. The second-order valence-corrected chi connectivity index (χ2v) is 2.49. The van der Waals surface area contributed by atoms with Gasteiger partial charge in [0.05, 0.1) is 0 Å². The van der Waals surface area contributed by atoms with E-state index in [4.69, 9.17) is 16.6 Å². The standard InChI is InChI=1S/C6H14N2O2/c1-3-6(8,4(2)7)5(9)10/h4H,3,7-8H2,1-2H3,(H,9,10).